The van der Waals surface area contributed by atoms with Crippen LogP contribution in [0.5, 0.6) is 5.75 Å². The molecule has 3 unspecified atom stereocenters. The number of amides is 2. The Balaban J connectivity index is 1.36. The number of benzene rings is 2. The third kappa shape index (κ3) is 14.4. The Labute approximate surface area is 298 Å². The van der Waals surface area contributed by atoms with Crippen LogP contribution in [0.25, 0.3) is 0 Å². The second-order valence-electron chi connectivity index (χ2n) is 13.2. The number of hydrogen-bond donors (Lipinski definition) is 7. The molecule has 1 aliphatic heterocycles. The van der Waals surface area contributed by atoms with Gasteiger partial charge in [0.2, 0.25) is 11.8 Å². The molecule has 0 spiro atoms. The SMILES string of the molecule is COc1ccc(CC(=O)NCC2O[C@H](OC[C@H](NC(=O)CCCCCCCCCCc3ccc(F)c(F)c3)[C@H](O)[C@@H](C)O)C(O)C(O)[C@H]2O)cc1. The highest BCUT2D eigenvalue weighted by Crippen LogP contribution is 2.23. The minimum Gasteiger partial charge on any atom is -0.497 e. The monoisotopic (exact) mass is 724 g/mol. The van der Waals surface area contributed by atoms with Gasteiger partial charge in [-0.2, -0.15) is 0 Å². The molecule has 0 aliphatic carbocycles. The Hall–Kier alpha value is -3.24. The van der Waals surface area contributed by atoms with Crippen molar-refractivity contribution in [1.29, 1.82) is 0 Å². The molecule has 1 heterocycles. The van der Waals surface area contributed by atoms with Crippen LogP contribution in [0.2, 0.25) is 0 Å². The summed E-state index contributed by atoms with van der Waals surface area (Å²) in [4.78, 5) is 25.2. The number of nitrogens with one attached hydrogen (secondary N) is 2. The fourth-order valence-corrected chi connectivity index (χ4v) is 5.84. The van der Waals surface area contributed by atoms with Gasteiger partial charge in [0.15, 0.2) is 17.9 Å². The largest absolute Gasteiger partial charge is 0.497 e. The van der Waals surface area contributed by atoms with Gasteiger partial charge in [-0.05, 0) is 61.6 Å². The van der Waals surface area contributed by atoms with Gasteiger partial charge >= 0.3 is 0 Å². The molecule has 3 rings (SSSR count). The molecule has 0 radical (unpaired) electrons. The van der Waals surface area contributed by atoms with Gasteiger partial charge in [-0.1, -0.05) is 56.7 Å². The second kappa shape index (κ2) is 22.0. The molecule has 8 atom stereocenters. The molecule has 12 nitrogen and oxygen atoms in total. The summed E-state index contributed by atoms with van der Waals surface area (Å²) in [6.07, 6.45) is -1.91. The molecule has 286 valence electrons. The number of methoxy groups -OCH3 is 1. The fourth-order valence-electron chi connectivity index (χ4n) is 5.84. The Bertz CT molecular complexity index is 1330. The molecule has 1 saturated heterocycles. The number of aliphatic hydroxyl groups is 5. The minimum absolute atomic E-state index is 0.0441. The van der Waals surface area contributed by atoms with Crippen LogP contribution < -0.4 is 15.4 Å². The standard InChI is InChI=1S/C37H54F2N2O10/c1-23(42)33(45)29(41-31(43)12-10-8-6-4-3-5-7-9-11-24-15-18-27(38)28(39)19-24)22-50-37-36(48)35(47)34(46)30(51-37)21-40-32(44)20-25-13-16-26(49-2)17-14-25/h13-19,23,29-30,33-37,42,45-48H,3-12,20-22H2,1-2H3,(H,40,44)(H,41,43)/t23-,29+,30?,33-,34+,35?,36?,37+/m1/s1. The molecule has 0 aromatic heterocycles. The molecule has 51 heavy (non-hydrogen) atoms. The zero-order valence-electron chi connectivity index (χ0n) is 29.4. The van der Waals surface area contributed by atoms with Crippen molar-refractivity contribution in [2.24, 2.45) is 0 Å². The summed E-state index contributed by atoms with van der Waals surface area (Å²) in [5, 5.41) is 57.3. The maximum absolute atomic E-state index is 13.3. The summed E-state index contributed by atoms with van der Waals surface area (Å²) >= 11 is 0. The van der Waals surface area contributed by atoms with E-state index in [0.29, 0.717) is 18.6 Å². The first-order valence-corrected chi connectivity index (χ1v) is 17.7. The number of aliphatic hydroxyl groups excluding tert-OH is 5. The Kier molecular flexibility index (Phi) is 18.2. The van der Waals surface area contributed by atoms with E-state index in [-0.39, 0.29) is 31.2 Å². The lowest BCUT2D eigenvalue weighted by atomic mass is 9.98. The van der Waals surface area contributed by atoms with Gasteiger partial charge in [0.25, 0.3) is 0 Å². The van der Waals surface area contributed by atoms with Crippen LogP contribution in [0.4, 0.5) is 8.78 Å². The smallest absolute Gasteiger partial charge is 0.224 e. The predicted octanol–water partition coefficient (Wildman–Crippen LogP) is 2.44. The third-order valence-corrected chi connectivity index (χ3v) is 8.99. The first kappa shape index (κ1) is 42.2. The fraction of sp³-hybridized carbons (Fsp3) is 0.622. The van der Waals surface area contributed by atoms with Gasteiger partial charge in [-0.25, -0.2) is 8.78 Å². The summed E-state index contributed by atoms with van der Waals surface area (Å²) in [6.45, 7) is 0.758. The topological polar surface area (TPSA) is 187 Å². The van der Waals surface area contributed by atoms with Crippen molar-refractivity contribution >= 4 is 11.8 Å². The minimum atomic E-state index is -1.68. The predicted molar refractivity (Wildman–Crippen MR) is 184 cm³/mol. The summed E-state index contributed by atoms with van der Waals surface area (Å²) in [5.74, 6) is -1.75. The highest BCUT2D eigenvalue weighted by atomic mass is 19.2. The quantitative estimate of drug-likeness (QED) is 0.0890. The number of hydrogen-bond acceptors (Lipinski definition) is 10. The lowest BCUT2D eigenvalue weighted by Crippen LogP contribution is -2.61. The summed E-state index contributed by atoms with van der Waals surface area (Å²) < 4.78 is 42.8. The van der Waals surface area contributed by atoms with Crippen LogP contribution in [0.1, 0.15) is 75.8 Å². The van der Waals surface area contributed by atoms with Gasteiger partial charge < -0.3 is 50.4 Å². The van der Waals surface area contributed by atoms with Gasteiger partial charge in [0, 0.05) is 13.0 Å². The van der Waals surface area contributed by atoms with Crippen molar-refractivity contribution in [3.8, 4) is 5.75 Å². The van der Waals surface area contributed by atoms with Gasteiger partial charge in [0.1, 0.15) is 36.3 Å². The molecular weight excluding hydrogens is 670 g/mol. The molecule has 2 aromatic rings. The maximum Gasteiger partial charge on any atom is 0.224 e. The zero-order valence-corrected chi connectivity index (χ0v) is 29.4. The van der Waals surface area contributed by atoms with Gasteiger partial charge in [-0.3, -0.25) is 9.59 Å². The first-order chi connectivity index (χ1) is 24.4. The number of carbonyl (C=O) groups excluding carboxylic acids is 2. The van der Waals surface area contributed by atoms with Crippen molar-refractivity contribution in [3.05, 3.63) is 65.2 Å². The first-order valence-electron chi connectivity index (χ1n) is 17.7. The number of carbonyl (C=O) groups is 2. The molecule has 0 saturated carbocycles. The van der Waals surface area contributed by atoms with Gasteiger partial charge in [-0.15, -0.1) is 0 Å². The van der Waals surface area contributed by atoms with Crippen LogP contribution in [0, 0.1) is 11.6 Å². The highest BCUT2D eigenvalue weighted by molar-refractivity contribution is 5.78. The normalized spacial score (nSPS) is 22.2. The number of rotatable bonds is 22. The highest BCUT2D eigenvalue weighted by Gasteiger charge is 2.44. The van der Waals surface area contributed by atoms with Gasteiger partial charge in [0.05, 0.1) is 32.3 Å². The van der Waals surface area contributed by atoms with Crippen LogP contribution in [-0.2, 0) is 31.9 Å². The van der Waals surface area contributed by atoms with Crippen LogP contribution in [0.15, 0.2) is 42.5 Å². The average molecular weight is 725 g/mol. The van der Waals surface area contributed by atoms with Crippen molar-refractivity contribution in [3.63, 3.8) is 0 Å². The Morgan fingerprint density at radius 1 is 0.824 bits per heavy atom. The van der Waals surface area contributed by atoms with E-state index < -0.39 is 67.2 Å². The van der Waals surface area contributed by atoms with Crippen molar-refractivity contribution in [2.45, 2.75) is 127 Å². The Morgan fingerprint density at radius 3 is 2.08 bits per heavy atom. The maximum atomic E-state index is 13.3. The van der Waals surface area contributed by atoms with Crippen molar-refractivity contribution in [1.82, 2.24) is 10.6 Å². The van der Waals surface area contributed by atoms with E-state index in [4.69, 9.17) is 14.2 Å². The second-order valence-corrected chi connectivity index (χ2v) is 13.2. The molecular formula is C37H54F2N2O10. The van der Waals surface area contributed by atoms with E-state index in [2.05, 4.69) is 10.6 Å². The van der Waals surface area contributed by atoms with E-state index in [1.54, 1.807) is 30.3 Å². The number of ether oxygens (including phenoxy) is 3. The molecule has 14 heteroatoms. The molecule has 1 aliphatic rings. The van der Waals surface area contributed by atoms with E-state index in [9.17, 15) is 43.9 Å². The summed E-state index contributed by atoms with van der Waals surface area (Å²) in [7, 11) is 1.54. The summed E-state index contributed by atoms with van der Waals surface area (Å²) in [6, 6.07) is 9.84. The number of aryl methyl sites for hydroxylation is 1. The third-order valence-electron chi connectivity index (χ3n) is 8.99. The lowest BCUT2D eigenvalue weighted by molar-refractivity contribution is -0.297. The van der Waals surface area contributed by atoms with Crippen LogP contribution >= 0.6 is 0 Å². The lowest BCUT2D eigenvalue weighted by Gasteiger charge is -2.41. The van der Waals surface area contributed by atoms with E-state index >= 15 is 0 Å². The van der Waals surface area contributed by atoms with Crippen LogP contribution in [-0.4, -0.2) is 107 Å². The molecule has 2 amide bonds. The zero-order chi connectivity index (χ0) is 37.3. The van der Waals surface area contributed by atoms with E-state index in [1.807, 2.05) is 0 Å². The van der Waals surface area contributed by atoms with E-state index in [1.165, 1.54) is 20.1 Å². The molecule has 7 N–H and O–H groups in total. The average Bonchev–Trinajstić information content (AvgIpc) is 3.11. The molecule has 1 fully saturated rings. The number of unbranched alkanes of at least 4 members (excludes halogenated alkanes) is 7. The Morgan fingerprint density at radius 2 is 1.45 bits per heavy atom. The van der Waals surface area contributed by atoms with Crippen LogP contribution in [0.3, 0.4) is 0 Å². The molecule has 2 aromatic carbocycles. The molecule has 0 bridgehead atoms. The summed E-state index contributed by atoms with van der Waals surface area (Å²) in [5.41, 5.74) is 1.51. The van der Waals surface area contributed by atoms with E-state index in [0.717, 1.165) is 62.1 Å². The van der Waals surface area contributed by atoms with Crippen molar-refractivity contribution < 1.29 is 58.1 Å². The van der Waals surface area contributed by atoms with Crippen molar-refractivity contribution in [2.75, 3.05) is 20.3 Å². The number of halogens is 2.